The number of benzene rings is 1. The van der Waals surface area contributed by atoms with Crippen molar-refractivity contribution < 1.29 is 9.18 Å². The molecule has 0 aromatic heterocycles. The van der Waals surface area contributed by atoms with Crippen LogP contribution in [0, 0.1) is 18.7 Å². The number of carbonyl (C=O) groups excluding carboxylic acids is 1. The number of nitrogens with two attached hydrogens (primary N) is 1. The molecule has 0 spiro atoms. The van der Waals surface area contributed by atoms with E-state index < -0.39 is 0 Å². The molecule has 1 aromatic carbocycles. The van der Waals surface area contributed by atoms with E-state index in [0.717, 1.165) is 38.0 Å². The minimum atomic E-state index is -0.227. The van der Waals surface area contributed by atoms with Crippen molar-refractivity contribution in [3.8, 4) is 0 Å². The van der Waals surface area contributed by atoms with Crippen LogP contribution in [0.15, 0.2) is 18.2 Å². The van der Waals surface area contributed by atoms with E-state index in [1.54, 1.807) is 13.0 Å². The molecule has 0 atom stereocenters. The summed E-state index contributed by atoms with van der Waals surface area (Å²) in [6.07, 6.45) is 1.70. The third-order valence-electron chi connectivity index (χ3n) is 4.29. The van der Waals surface area contributed by atoms with Gasteiger partial charge < -0.3 is 16.0 Å². The lowest BCUT2D eigenvalue weighted by atomic mass is 9.94. The standard InChI is InChI=1S/C18H28FN3O/c1-13-4-5-14(10-16(13)19)11-21-17(23)15-6-8-22(9-7-15)12-18(2,3)20/h4-5,10,15H,6-9,11-12,20H2,1-3H3,(H,21,23). The number of amides is 1. The number of hydrogen-bond acceptors (Lipinski definition) is 3. The Morgan fingerprint density at radius 1 is 1.39 bits per heavy atom. The van der Waals surface area contributed by atoms with Crippen LogP contribution in [0.1, 0.15) is 37.8 Å². The van der Waals surface area contributed by atoms with Crippen molar-refractivity contribution in [2.45, 2.75) is 45.7 Å². The molecule has 1 aliphatic heterocycles. The van der Waals surface area contributed by atoms with Crippen molar-refractivity contribution in [2.24, 2.45) is 11.7 Å². The summed E-state index contributed by atoms with van der Waals surface area (Å²) in [6.45, 7) is 8.80. The van der Waals surface area contributed by atoms with Gasteiger partial charge in [0, 0.05) is 24.5 Å². The SMILES string of the molecule is Cc1ccc(CNC(=O)C2CCN(CC(C)(C)N)CC2)cc1F. The van der Waals surface area contributed by atoms with Crippen LogP contribution < -0.4 is 11.1 Å². The van der Waals surface area contributed by atoms with Gasteiger partial charge >= 0.3 is 0 Å². The molecule has 1 heterocycles. The highest BCUT2D eigenvalue weighted by Crippen LogP contribution is 2.19. The number of aryl methyl sites for hydroxylation is 1. The van der Waals surface area contributed by atoms with Crippen molar-refractivity contribution in [1.29, 1.82) is 0 Å². The van der Waals surface area contributed by atoms with E-state index in [9.17, 15) is 9.18 Å². The van der Waals surface area contributed by atoms with Crippen molar-refractivity contribution in [2.75, 3.05) is 19.6 Å². The molecule has 0 unspecified atom stereocenters. The van der Waals surface area contributed by atoms with Crippen molar-refractivity contribution in [3.05, 3.63) is 35.1 Å². The first kappa shape index (κ1) is 17.9. The largest absolute Gasteiger partial charge is 0.352 e. The fourth-order valence-electron chi connectivity index (χ4n) is 3.01. The Morgan fingerprint density at radius 2 is 2.04 bits per heavy atom. The van der Waals surface area contributed by atoms with Gasteiger partial charge in [0.25, 0.3) is 0 Å². The quantitative estimate of drug-likeness (QED) is 0.874. The first-order chi connectivity index (χ1) is 10.7. The molecular formula is C18H28FN3O. The van der Waals surface area contributed by atoms with Gasteiger partial charge in [-0.3, -0.25) is 4.79 Å². The summed E-state index contributed by atoms with van der Waals surface area (Å²) >= 11 is 0. The molecular weight excluding hydrogens is 293 g/mol. The molecule has 1 amide bonds. The molecule has 0 saturated carbocycles. The van der Waals surface area contributed by atoms with Gasteiger partial charge in [-0.15, -0.1) is 0 Å². The molecule has 2 rings (SSSR count). The summed E-state index contributed by atoms with van der Waals surface area (Å²) < 4.78 is 13.5. The van der Waals surface area contributed by atoms with Crippen LogP contribution >= 0.6 is 0 Å². The predicted molar refractivity (Wildman–Crippen MR) is 90.4 cm³/mol. The Balaban J connectivity index is 1.78. The molecule has 128 valence electrons. The number of halogens is 1. The van der Waals surface area contributed by atoms with Crippen molar-refractivity contribution in [1.82, 2.24) is 10.2 Å². The zero-order valence-corrected chi connectivity index (χ0v) is 14.4. The highest BCUT2D eigenvalue weighted by Gasteiger charge is 2.26. The van der Waals surface area contributed by atoms with Crippen LogP contribution in [-0.2, 0) is 11.3 Å². The topological polar surface area (TPSA) is 58.4 Å². The highest BCUT2D eigenvalue weighted by atomic mass is 19.1. The number of nitrogens with zero attached hydrogens (tertiary/aromatic N) is 1. The minimum Gasteiger partial charge on any atom is -0.352 e. The Morgan fingerprint density at radius 3 is 2.61 bits per heavy atom. The van der Waals surface area contributed by atoms with Crippen molar-refractivity contribution >= 4 is 5.91 Å². The normalized spacial score (nSPS) is 17.3. The predicted octanol–water partition coefficient (Wildman–Crippen LogP) is 2.20. The summed E-state index contributed by atoms with van der Waals surface area (Å²) in [5.74, 6) is -0.116. The van der Waals surface area contributed by atoms with E-state index >= 15 is 0 Å². The van der Waals surface area contributed by atoms with Crippen LogP contribution in [0.2, 0.25) is 0 Å². The lowest BCUT2D eigenvalue weighted by molar-refractivity contribution is -0.126. The average Bonchev–Trinajstić information content (AvgIpc) is 2.47. The van der Waals surface area contributed by atoms with Gasteiger partial charge in [-0.25, -0.2) is 4.39 Å². The van der Waals surface area contributed by atoms with E-state index in [1.165, 1.54) is 6.07 Å². The van der Waals surface area contributed by atoms with Gasteiger partial charge in [-0.1, -0.05) is 12.1 Å². The molecule has 1 fully saturated rings. The first-order valence-electron chi connectivity index (χ1n) is 8.28. The monoisotopic (exact) mass is 321 g/mol. The fraction of sp³-hybridized carbons (Fsp3) is 0.611. The number of carbonyl (C=O) groups is 1. The summed E-state index contributed by atoms with van der Waals surface area (Å²) in [5, 5.41) is 2.93. The zero-order valence-electron chi connectivity index (χ0n) is 14.4. The maximum absolute atomic E-state index is 13.5. The molecule has 0 radical (unpaired) electrons. The molecule has 1 aliphatic rings. The third kappa shape index (κ3) is 5.59. The number of piperidine rings is 1. The molecule has 4 nitrogen and oxygen atoms in total. The van der Waals surface area contributed by atoms with Crippen LogP contribution in [-0.4, -0.2) is 36.0 Å². The van der Waals surface area contributed by atoms with Crippen LogP contribution in [0.3, 0.4) is 0 Å². The maximum atomic E-state index is 13.5. The van der Waals surface area contributed by atoms with E-state index in [-0.39, 0.29) is 23.2 Å². The second-order valence-electron chi connectivity index (χ2n) is 7.34. The molecule has 1 aromatic rings. The number of nitrogens with one attached hydrogen (secondary N) is 1. The summed E-state index contributed by atoms with van der Waals surface area (Å²) in [6, 6.07) is 5.08. The second kappa shape index (κ2) is 7.41. The Kier molecular flexibility index (Phi) is 5.76. The lowest BCUT2D eigenvalue weighted by Crippen LogP contribution is -2.49. The van der Waals surface area contributed by atoms with E-state index in [2.05, 4.69) is 10.2 Å². The molecule has 1 saturated heterocycles. The third-order valence-corrected chi connectivity index (χ3v) is 4.29. The zero-order chi connectivity index (χ0) is 17.0. The maximum Gasteiger partial charge on any atom is 0.223 e. The summed E-state index contributed by atoms with van der Waals surface area (Å²) in [4.78, 5) is 14.6. The van der Waals surface area contributed by atoms with E-state index in [1.807, 2.05) is 19.9 Å². The number of rotatable bonds is 5. The van der Waals surface area contributed by atoms with Crippen LogP contribution in [0.5, 0.6) is 0 Å². The molecule has 5 heteroatoms. The Bertz CT molecular complexity index is 546. The van der Waals surface area contributed by atoms with Gasteiger partial charge in [0.15, 0.2) is 0 Å². The summed E-state index contributed by atoms with van der Waals surface area (Å²) in [5.41, 5.74) is 7.26. The number of hydrogen-bond donors (Lipinski definition) is 2. The van der Waals surface area contributed by atoms with Gasteiger partial charge in [0.1, 0.15) is 5.82 Å². The second-order valence-corrected chi connectivity index (χ2v) is 7.34. The summed E-state index contributed by atoms with van der Waals surface area (Å²) in [7, 11) is 0. The number of likely N-dealkylation sites (tertiary alicyclic amines) is 1. The minimum absolute atomic E-state index is 0.0439. The van der Waals surface area contributed by atoms with Gasteiger partial charge in [0.05, 0.1) is 0 Å². The lowest BCUT2D eigenvalue weighted by Gasteiger charge is -2.35. The Labute approximate surface area is 138 Å². The Hall–Kier alpha value is -1.46. The molecule has 0 aliphatic carbocycles. The molecule has 23 heavy (non-hydrogen) atoms. The van der Waals surface area contributed by atoms with Gasteiger partial charge in [-0.05, 0) is 63.9 Å². The first-order valence-corrected chi connectivity index (χ1v) is 8.28. The average molecular weight is 321 g/mol. The smallest absolute Gasteiger partial charge is 0.223 e. The fourth-order valence-corrected chi connectivity index (χ4v) is 3.01. The van der Waals surface area contributed by atoms with Gasteiger partial charge in [-0.2, -0.15) is 0 Å². The molecule has 0 bridgehead atoms. The van der Waals surface area contributed by atoms with Crippen LogP contribution in [0.4, 0.5) is 4.39 Å². The van der Waals surface area contributed by atoms with Crippen molar-refractivity contribution in [3.63, 3.8) is 0 Å². The van der Waals surface area contributed by atoms with Gasteiger partial charge in [0.2, 0.25) is 5.91 Å². The molecule has 3 N–H and O–H groups in total. The highest BCUT2D eigenvalue weighted by molar-refractivity contribution is 5.78. The van der Waals surface area contributed by atoms with Crippen LogP contribution in [0.25, 0.3) is 0 Å². The van der Waals surface area contributed by atoms with E-state index in [4.69, 9.17) is 5.73 Å². The van der Waals surface area contributed by atoms with E-state index in [0.29, 0.717) is 12.1 Å².